The molecular weight excluding hydrogens is 289 g/mol. The minimum absolute atomic E-state index is 0.0540. The van der Waals surface area contributed by atoms with E-state index in [0.29, 0.717) is 21.0 Å². The normalized spacial score (nSPS) is 28.1. The van der Waals surface area contributed by atoms with Crippen LogP contribution in [-0.2, 0) is 0 Å². The summed E-state index contributed by atoms with van der Waals surface area (Å²) in [5.74, 6) is 1.04. The van der Waals surface area contributed by atoms with Crippen molar-refractivity contribution < 1.29 is 4.79 Å². The molecule has 1 aliphatic rings. The minimum Gasteiger partial charge on any atom is -0.345 e. The quantitative estimate of drug-likeness (QED) is 0.828. The van der Waals surface area contributed by atoms with E-state index in [1.807, 2.05) is 0 Å². The lowest BCUT2D eigenvalue weighted by Crippen LogP contribution is -2.52. The van der Waals surface area contributed by atoms with Crippen LogP contribution in [0.3, 0.4) is 0 Å². The molecule has 2 nitrogen and oxygen atoms in total. The van der Waals surface area contributed by atoms with Crippen LogP contribution in [0.4, 0.5) is 0 Å². The molecule has 1 aromatic heterocycles. The van der Waals surface area contributed by atoms with Gasteiger partial charge in [-0.2, -0.15) is 0 Å². The van der Waals surface area contributed by atoms with Crippen molar-refractivity contribution in [3.63, 3.8) is 0 Å². The summed E-state index contributed by atoms with van der Waals surface area (Å²) in [6, 6.07) is 3.51. The fourth-order valence-electron chi connectivity index (χ4n) is 2.67. The van der Waals surface area contributed by atoms with Gasteiger partial charge >= 0.3 is 0 Å². The second kappa shape index (κ2) is 5.81. The van der Waals surface area contributed by atoms with E-state index in [4.69, 9.17) is 23.2 Å². The number of hydrogen-bond acceptors (Lipinski definition) is 2. The topological polar surface area (TPSA) is 29.1 Å². The molecule has 0 radical (unpaired) electrons. The van der Waals surface area contributed by atoms with Crippen molar-refractivity contribution in [3.05, 3.63) is 21.3 Å². The molecule has 0 saturated heterocycles. The van der Waals surface area contributed by atoms with Crippen LogP contribution >= 0.6 is 34.5 Å². The molecule has 1 heterocycles. The lowest BCUT2D eigenvalue weighted by Gasteiger charge is -2.39. The number of carbonyl (C=O) groups is 1. The molecule has 100 valence electrons. The van der Waals surface area contributed by atoms with Crippen LogP contribution in [0.15, 0.2) is 12.1 Å². The summed E-state index contributed by atoms with van der Waals surface area (Å²) in [5, 5.41) is 3.12. The number of carbonyl (C=O) groups excluding carboxylic acids is 1. The Labute approximate surface area is 122 Å². The van der Waals surface area contributed by atoms with Crippen LogP contribution in [0.2, 0.25) is 4.34 Å². The largest absolute Gasteiger partial charge is 0.345 e. The van der Waals surface area contributed by atoms with Gasteiger partial charge in [0.15, 0.2) is 0 Å². The maximum absolute atomic E-state index is 12.2. The second-order valence-electron chi connectivity index (χ2n) is 5.17. The molecule has 1 amide bonds. The molecule has 1 aromatic rings. The highest BCUT2D eigenvalue weighted by atomic mass is 35.5. The van der Waals surface area contributed by atoms with Crippen molar-refractivity contribution in [1.29, 1.82) is 0 Å². The van der Waals surface area contributed by atoms with Crippen LogP contribution in [-0.4, -0.2) is 17.3 Å². The standard InChI is InChI=1S/C13H17Cl2NOS/c1-9-3-2-6-13(7-9,8-14)16-12(17)10-4-5-11(15)18-10/h4-5,9H,2-3,6-8H2,1H3,(H,16,17). The van der Waals surface area contributed by atoms with Gasteiger partial charge in [-0.25, -0.2) is 0 Å². The Balaban J connectivity index is 2.08. The van der Waals surface area contributed by atoms with Crippen molar-refractivity contribution in [3.8, 4) is 0 Å². The fourth-order valence-corrected chi connectivity index (χ4v) is 3.92. The molecule has 5 heteroatoms. The number of amides is 1. The molecule has 0 spiro atoms. The highest BCUT2D eigenvalue weighted by Crippen LogP contribution is 2.34. The number of rotatable bonds is 3. The minimum atomic E-state index is -0.243. The molecule has 1 aliphatic carbocycles. The molecule has 0 bridgehead atoms. The van der Waals surface area contributed by atoms with Gasteiger partial charge in [0, 0.05) is 5.88 Å². The summed E-state index contributed by atoms with van der Waals surface area (Å²) in [6.07, 6.45) is 4.27. The van der Waals surface area contributed by atoms with Crippen LogP contribution < -0.4 is 5.32 Å². The first-order valence-electron chi connectivity index (χ1n) is 6.18. The Morgan fingerprint density at radius 1 is 1.61 bits per heavy atom. The van der Waals surface area contributed by atoms with E-state index in [1.54, 1.807) is 12.1 Å². The molecule has 0 aliphatic heterocycles. The van der Waals surface area contributed by atoms with Gasteiger partial charge in [-0.1, -0.05) is 31.4 Å². The predicted molar refractivity (Wildman–Crippen MR) is 77.9 cm³/mol. The third kappa shape index (κ3) is 3.19. The van der Waals surface area contributed by atoms with Crippen LogP contribution in [0, 0.1) is 5.92 Å². The Morgan fingerprint density at radius 2 is 2.39 bits per heavy atom. The molecule has 18 heavy (non-hydrogen) atoms. The van der Waals surface area contributed by atoms with Gasteiger partial charge < -0.3 is 5.32 Å². The van der Waals surface area contributed by atoms with Crippen LogP contribution in [0.1, 0.15) is 42.3 Å². The highest BCUT2D eigenvalue weighted by molar-refractivity contribution is 7.18. The number of alkyl halides is 1. The number of thiophene rings is 1. The van der Waals surface area contributed by atoms with Crippen molar-refractivity contribution in [2.24, 2.45) is 5.92 Å². The van der Waals surface area contributed by atoms with Gasteiger partial charge in [-0.05, 0) is 30.9 Å². The summed E-state index contributed by atoms with van der Waals surface area (Å²) in [4.78, 5) is 12.8. The zero-order valence-electron chi connectivity index (χ0n) is 10.3. The molecule has 0 aromatic carbocycles. The van der Waals surface area contributed by atoms with Gasteiger partial charge in [0.2, 0.25) is 0 Å². The predicted octanol–water partition coefficient (Wildman–Crippen LogP) is 4.32. The Kier molecular flexibility index (Phi) is 4.57. The van der Waals surface area contributed by atoms with Crippen LogP contribution in [0.25, 0.3) is 0 Å². The first-order chi connectivity index (χ1) is 8.54. The summed E-state index contributed by atoms with van der Waals surface area (Å²) in [7, 11) is 0. The Bertz CT molecular complexity index is 434. The van der Waals surface area contributed by atoms with Gasteiger partial charge in [-0.15, -0.1) is 22.9 Å². The summed E-state index contributed by atoms with van der Waals surface area (Å²) < 4.78 is 0.636. The van der Waals surface area contributed by atoms with Gasteiger partial charge in [0.1, 0.15) is 0 Å². The van der Waals surface area contributed by atoms with Crippen LogP contribution in [0.5, 0.6) is 0 Å². The van der Waals surface area contributed by atoms with E-state index >= 15 is 0 Å². The van der Waals surface area contributed by atoms with Crippen molar-refractivity contribution in [2.45, 2.75) is 38.1 Å². The fraction of sp³-hybridized carbons (Fsp3) is 0.615. The first kappa shape index (κ1) is 14.2. The molecule has 2 unspecified atom stereocenters. The third-order valence-electron chi connectivity index (χ3n) is 3.52. The van der Waals surface area contributed by atoms with E-state index in [9.17, 15) is 4.79 Å². The van der Waals surface area contributed by atoms with Crippen molar-refractivity contribution in [2.75, 3.05) is 5.88 Å². The number of nitrogens with one attached hydrogen (secondary N) is 1. The van der Waals surface area contributed by atoms with E-state index in [-0.39, 0.29) is 11.4 Å². The summed E-state index contributed by atoms with van der Waals surface area (Å²) in [5.41, 5.74) is -0.243. The highest BCUT2D eigenvalue weighted by Gasteiger charge is 2.35. The van der Waals surface area contributed by atoms with E-state index in [2.05, 4.69) is 12.2 Å². The first-order valence-corrected chi connectivity index (χ1v) is 7.91. The lowest BCUT2D eigenvalue weighted by atomic mass is 9.77. The smallest absolute Gasteiger partial charge is 0.261 e. The number of hydrogen-bond donors (Lipinski definition) is 1. The maximum atomic E-state index is 12.2. The molecule has 2 atom stereocenters. The third-order valence-corrected chi connectivity index (χ3v) is 5.26. The van der Waals surface area contributed by atoms with Gasteiger partial charge in [-0.3, -0.25) is 4.79 Å². The van der Waals surface area contributed by atoms with Crippen molar-refractivity contribution >= 4 is 40.4 Å². The van der Waals surface area contributed by atoms with Gasteiger partial charge in [0.25, 0.3) is 5.91 Å². The zero-order chi connectivity index (χ0) is 13.2. The monoisotopic (exact) mass is 305 g/mol. The second-order valence-corrected chi connectivity index (χ2v) is 7.16. The van der Waals surface area contributed by atoms with E-state index < -0.39 is 0 Å². The summed E-state index contributed by atoms with van der Waals surface area (Å²) in [6.45, 7) is 2.22. The van der Waals surface area contributed by atoms with Crippen molar-refractivity contribution in [1.82, 2.24) is 5.32 Å². The van der Waals surface area contributed by atoms with E-state index in [1.165, 1.54) is 17.8 Å². The van der Waals surface area contributed by atoms with Gasteiger partial charge in [0.05, 0.1) is 14.8 Å². The number of halogens is 2. The van der Waals surface area contributed by atoms with E-state index in [0.717, 1.165) is 19.3 Å². The molecule has 1 N–H and O–H groups in total. The average molecular weight is 306 g/mol. The Morgan fingerprint density at radius 3 is 2.94 bits per heavy atom. The summed E-state index contributed by atoms with van der Waals surface area (Å²) >= 11 is 13.3. The molecular formula is C13H17Cl2NOS. The molecule has 2 rings (SSSR count). The maximum Gasteiger partial charge on any atom is 0.261 e. The zero-order valence-corrected chi connectivity index (χ0v) is 12.7. The molecule has 1 saturated carbocycles. The average Bonchev–Trinajstić information content (AvgIpc) is 2.76. The Hall–Kier alpha value is -0.250. The lowest BCUT2D eigenvalue weighted by molar-refractivity contribution is 0.0871. The SMILES string of the molecule is CC1CCCC(CCl)(NC(=O)c2ccc(Cl)s2)C1. The molecule has 1 fully saturated rings.